The predicted molar refractivity (Wildman–Crippen MR) is 407 cm³/mol. The lowest BCUT2D eigenvalue weighted by Gasteiger charge is -2.12. The van der Waals surface area contributed by atoms with Gasteiger partial charge in [0.15, 0.2) is 0 Å². The van der Waals surface area contributed by atoms with Gasteiger partial charge in [-0.1, -0.05) is 362 Å². The lowest BCUT2D eigenvalue weighted by Crippen LogP contribution is -2.01. The fourth-order valence-corrected chi connectivity index (χ4v) is 13.4. The molecule has 3 aromatic carbocycles. The lowest BCUT2D eigenvalue weighted by atomic mass is 10.0. The Morgan fingerprint density at radius 3 is 0.646 bits per heavy atom. The molecule has 0 radical (unpaired) electrons. The number of ether oxygens (including phenoxy) is 4. The van der Waals surface area contributed by atoms with Crippen molar-refractivity contribution in [1.82, 2.24) is 20.4 Å². The van der Waals surface area contributed by atoms with E-state index < -0.39 is 0 Å². The minimum absolute atomic E-state index is 0.404. The molecule has 0 saturated carbocycles. The molecule has 2 heterocycles. The van der Waals surface area contributed by atoms with E-state index in [9.17, 15) is 0 Å². The van der Waals surface area contributed by atoms with Crippen LogP contribution in [0.3, 0.4) is 0 Å². The molecule has 5 rings (SSSR count). The van der Waals surface area contributed by atoms with E-state index in [1.54, 1.807) is 0 Å². The van der Waals surface area contributed by atoms with Crippen molar-refractivity contribution in [3.8, 4) is 68.8 Å². The number of hydrogen-bond donors (Lipinski definition) is 0. The van der Waals surface area contributed by atoms with Gasteiger partial charge in [0.05, 0.1) is 37.6 Å². The van der Waals surface area contributed by atoms with Gasteiger partial charge in [-0.25, -0.2) is 0 Å². The van der Waals surface area contributed by atoms with Crippen molar-refractivity contribution in [3.63, 3.8) is 0 Å². The summed E-state index contributed by atoms with van der Waals surface area (Å²) in [6.45, 7) is 11.8. The Morgan fingerprint density at radius 1 is 0.219 bits per heavy atom. The molecule has 542 valence electrons. The van der Waals surface area contributed by atoms with E-state index >= 15 is 0 Å². The molecule has 5 aromatic rings. The van der Waals surface area contributed by atoms with Crippen molar-refractivity contribution >= 4 is 0 Å². The van der Waals surface area contributed by atoms with Crippen LogP contribution in [0.25, 0.3) is 45.8 Å². The van der Waals surface area contributed by atoms with E-state index in [1.807, 2.05) is 60.7 Å². The number of benzene rings is 3. The van der Waals surface area contributed by atoms with Crippen molar-refractivity contribution < 1.29 is 27.8 Å². The van der Waals surface area contributed by atoms with Gasteiger partial charge in [0, 0.05) is 11.1 Å². The molecular formula is C86H142N4O6. The number of aromatic nitrogens is 4. The second-order valence-electron chi connectivity index (χ2n) is 28.5. The molecule has 0 fully saturated rings. The first-order chi connectivity index (χ1) is 47.6. The minimum atomic E-state index is 0.404. The molecule has 2 aromatic heterocycles. The zero-order valence-electron chi connectivity index (χ0n) is 62.4. The monoisotopic (exact) mass is 1330 g/mol. The summed E-state index contributed by atoms with van der Waals surface area (Å²) < 4.78 is 38.7. The number of unbranched alkanes of at least 4 members (excludes halogenated alkanes) is 52. The Balaban J connectivity index is 1.15. The highest BCUT2D eigenvalue weighted by atomic mass is 16.5. The molecule has 10 nitrogen and oxygen atoms in total. The standard InChI is InChI=1S/C86H142N4O6/c1-5-9-13-17-21-25-29-33-37-41-45-49-53-57-69-91-77-65-67-81(93-71-59-55-51-47-43-39-35-31-27-23-19-15-11-7-3)79(73-77)85-89-87-83(95-85)75-61-63-76(64-62-75)84-88-90-86(96-84)80-74-78(92-70-58-54-50-46-42-38-34-30-26-22-18-14-10-6-2)66-68-82(80)94-72-60-56-52-48-44-40-36-32-28-24-20-16-12-8-4/h61-68,73-74H,5-60,69-72H2,1-4H3. The van der Waals surface area contributed by atoms with E-state index in [4.69, 9.17) is 27.8 Å². The van der Waals surface area contributed by atoms with E-state index in [0.29, 0.717) is 50.0 Å². The Hall–Kier alpha value is -4.86. The molecule has 96 heavy (non-hydrogen) atoms. The molecule has 0 amide bonds. The van der Waals surface area contributed by atoms with Crippen LogP contribution in [-0.4, -0.2) is 46.8 Å². The van der Waals surface area contributed by atoms with Gasteiger partial charge in [-0.15, -0.1) is 20.4 Å². The van der Waals surface area contributed by atoms with E-state index in [2.05, 4.69) is 48.1 Å². The van der Waals surface area contributed by atoms with Gasteiger partial charge in [-0.3, -0.25) is 0 Å². The normalized spacial score (nSPS) is 11.5. The summed E-state index contributed by atoms with van der Waals surface area (Å²) in [6, 6.07) is 20.0. The molecule has 0 aliphatic rings. The fraction of sp³-hybridized carbons (Fsp3) is 0.744. The van der Waals surface area contributed by atoms with Crippen molar-refractivity contribution in [2.45, 2.75) is 387 Å². The second kappa shape index (κ2) is 58.0. The first kappa shape index (κ1) is 81.8. The van der Waals surface area contributed by atoms with Gasteiger partial charge in [0.25, 0.3) is 11.8 Å². The lowest BCUT2D eigenvalue weighted by molar-refractivity contribution is 0.296. The van der Waals surface area contributed by atoms with Gasteiger partial charge in [-0.2, -0.15) is 0 Å². The van der Waals surface area contributed by atoms with Gasteiger partial charge in [0.1, 0.15) is 23.0 Å². The maximum atomic E-state index is 6.51. The van der Waals surface area contributed by atoms with Crippen molar-refractivity contribution in [2.75, 3.05) is 26.4 Å². The highest BCUT2D eigenvalue weighted by Gasteiger charge is 2.20. The van der Waals surface area contributed by atoms with Crippen molar-refractivity contribution in [2.24, 2.45) is 0 Å². The molecule has 0 aliphatic carbocycles. The molecule has 0 atom stereocenters. The van der Waals surface area contributed by atoms with Crippen LogP contribution in [0.2, 0.25) is 0 Å². The highest BCUT2D eigenvalue weighted by molar-refractivity contribution is 5.69. The number of nitrogens with zero attached hydrogens (tertiary/aromatic N) is 4. The maximum Gasteiger partial charge on any atom is 0.252 e. The summed E-state index contributed by atoms with van der Waals surface area (Å²) >= 11 is 0. The molecule has 0 saturated heterocycles. The van der Waals surface area contributed by atoms with Crippen LogP contribution in [-0.2, 0) is 0 Å². The third kappa shape index (κ3) is 39.1. The number of rotatable bonds is 68. The summed E-state index contributed by atoms with van der Waals surface area (Å²) in [5.74, 6) is 4.68. The zero-order valence-corrected chi connectivity index (χ0v) is 62.4. The summed E-state index contributed by atoms with van der Waals surface area (Å²) in [4.78, 5) is 0. The second-order valence-corrected chi connectivity index (χ2v) is 28.5. The van der Waals surface area contributed by atoms with E-state index in [0.717, 1.165) is 83.8 Å². The average Bonchev–Trinajstić information content (AvgIpc) is 1.95. The van der Waals surface area contributed by atoms with Crippen LogP contribution in [0.15, 0.2) is 69.5 Å². The Bertz CT molecular complexity index is 2370. The molecule has 0 N–H and O–H groups in total. The highest BCUT2D eigenvalue weighted by Crippen LogP contribution is 2.38. The maximum absolute atomic E-state index is 6.51. The third-order valence-corrected chi connectivity index (χ3v) is 19.6. The van der Waals surface area contributed by atoms with Crippen LogP contribution in [0.5, 0.6) is 23.0 Å². The average molecular weight is 1330 g/mol. The minimum Gasteiger partial charge on any atom is -0.494 e. The largest absolute Gasteiger partial charge is 0.494 e. The van der Waals surface area contributed by atoms with Crippen LogP contribution in [0, 0.1) is 0 Å². The first-order valence-corrected chi connectivity index (χ1v) is 41.2. The van der Waals surface area contributed by atoms with E-state index in [-0.39, 0.29) is 0 Å². The molecule has 0 aliphatic heterocycles. The van der Waals surface area contributed by atoms with Crippen LogP contribution >= 0.6 is 0 Å². The zero-order chi connectivity index (χ0) is 67.5. The van der Waals surface area contributed by atoms with Crippen molar-refractivity contribution in [1.29, 1.82) is 0 Å². The SMILES string of the molecule is CCCCCCCCCCCCCCCCOc1ccc(OCCCCCCCCCCCCCCCC)c(-c2nnc(-c3ccc(-c4nnc(-c5cc(OCCCCCCCCCCCCCCCC)ccc5OCCCCCCCCCCCCCCCC)o4)cc3)o2)c1. The molecule has 0 bridgehead atoms. The Morgan fingerprint density at radius 2 is 0.417 bits per heavy atom. The topological polar surface area (TPSA) is 115 Å². The smallest absolute Gasteiger partial charge is 0.252 e. The quantitative estimate of drug-likeness (QED) is 0.0349. The third-order valence-electron chi connectivity index (χ3n) is 19.6. The Labute approximate surface area is 588 Å². The molecular weight excluding hydrogens is 1180 g/mol. The summed E-state index contributed by atoms with van der Waals surface area (Å²) in [5, 5.41) is 18.3. The van der Waals surface area contributed by atoms with Gasteiger partial charge < -0.3 is 27.8 Å². The first-order valence-electron chi connectivity index (χ1n) is 41.2. The van der Waals surface area contributed by atoms with Gasteiger partial charge >= 0.3 is 0 Å². The molecule has 10 heteroatoms. The predicted octanol–water partition coefficient (Wildman–Crippen LogP) is 28.6. The molecule has 0 unspecified atom stereocenters. The van der Waals surface area contributed by atoms with E-state index in [1.165, 1.54) is 321 Å². The van der Waals surface area contributed by atoms with Crippen molar-refractivity contribution in [3.05, 3.63) is 60.7 Å². The van der Waals surface area contributed by atoms with Crippen LogP contribution in [0.1, 0.15) is 387 Å². The number of hydrogen-bond acceptors (Lipinski definition) is 10. The van der Waals surface area contributed by atoms with Crippen LogP contribution in [0.4, 0.5) is 0 Å². The van der Waals surface area contributed by atoms with Crippen LogP contribution < -0.4 is 18.9 Å². The fourth-order valence-electron chi connectivity index (χ4n) is 13.4. The summed E-state index contributed by atoms with van der Waals surface area (Å²) in [7, 11) is 0. The van der Waals surface area contributed by atoms with Gasteiger partial charge in [0.2, 0.25) is 11.8 Å². The molecule has 0 spiro atoms. The summed E-state index contributed by atoms with van der Waals surface area (Å²) in [6.07, 6.45) is 74.4. The van der Waals surface area contributed by atoms with Gasteiger partial charge in [-0.05, 0) is 86.3 Å². The Kier molecular flexibility index (Phi) is 49.4. The summed E-state index contributed by atoms with van der Waals surface area (Å²) in [5.41, 5.74) is 3.07.